The van der Waals surface area contributed by atoms with E-state index in [2.05, 4.69) is 27.9 Å². The van der Waals surface area contributed by atoms with Gasteiger partial charge in [0.15, 0.2) is 5.11 Å². The van der Waals surface area contributed by atoms with Crippen molar-refractivity contribution in [3.63, 3.8) is 0 Å². The number of ether oxygens (including phenoxy) is 1. The Hall–Kier alpha value is -2.61. The SMILES string of the molecule is COC(=O)CCN1C(=S)N[C@@H](c2ccccn2)[C@@H]1c1cc(C)n(-c2ccc(Cl)cc2Cl)c1C. The summed E-state index contributed by atoms with van der Waals surface area (Å²) in [4.78, 5) is 18.5. The number of aryl methyl sites for hydroxylation is 1. The van der Waals surface area contributed by atoms with Crippen LogP contribution in [0.5, 0.6) is 0 Å². The van der Waals surface area contributed by atoms with E-state index in [1.807, 2.05) is 42.2 Å². The van der Waals surface area contributed by atoms with Crippen LogP contribution in [-0.2, 0) is 9.53 Å². The number of aromatic nitrogens is 2. The summed E-state index contributed by atoms with van der Waals surface area (Å²) in [6, 6.07) is 13.1. The zero-order valence-electron chi connectivity index (χ0n) is 18.5. The molecule has 1 aliphatic heterocycles. The van der Waals surface area contributed by atoms with Crippen molar-refractivity contribution in [1.29, 1.82) is 0 Å². The Morgan fingerprint density at radius 1 is 1.21 bits per heavy atom. The highest BCUT2D eigenvalue weighted by Gasteiger charge is 2.41. The lowest BCUT2D eigenvalue weighted by Crippen LogP contribution is -2.32. The fraction of sp³-hybridized carbons (Fsp3) is 0.292. The fourth-order valence-corrected chi connectivity index (χ4v) is 5.24. The van der Waals surface area contributed by atoms with Crippen molar-refractivity contribution in [2.24, 2.45) is 0 Å². The topological polar surface area (TPSA) is 59.4 Å². The van der Waals surface area contributed by atoms with E-state index in [9.17, 15) is 4.79 Å². The van der Waals surface area contributed by atoms with Gasteiger partial charge in [0, 0.05) is 29.2 Å². The standard InChI is InChI=1S/C24H24Cl2N4O2S/c1-14-12-17(15(2)30(14)20-8-7-16(25)13-18(20)26)23-22(19-6-4-5-10-27-19)28-24(33)29(23)11-9-21(31)32-3/h4-8,10,12-13,22-23H,9,11H2,1-3H3,(H,28,33)/t22-,23-/m0/s1. The molecule has 172 valence electrons. The number of nitrogens with zero attached hydrogens (tertiary/aromatic N) is 3. The minimum absolute atomic E-state index is 0.164. The molecule has 33 heavy (non-hydrogen) atoms. The molecule has 3 heterocycles. The Kier molecular flexibility index (Phi) is 6.93. The minimum Gasteiger partial charge on any atom is -0.469 e. The predicted molar refractivity (Wildman–Crippen MR) is 134 cm³/mol. The van der Waals surface area contributed by atoms with E-state index in [4.69, 9.17) is 40.2 Å². The first-order valence-electron chi connectivity index (χ1n) is 10.5. The lowest BCUT2D eigenvalue weighted by molar-refractivity contribution is -0.140. The first-order chi connectivity index (χ1) is 15.8. The molecule has 1 fully saturated rings. The number of nitrogens with one attached hydrogen (secondary N) is 1. The van der Waals surface area contributed by atoms with E-state index in [-0.39, 0.29) is 24.5 Å². The van der Waals surface area contributed by atoms with E-state index >= 15 is 0 Å². The lowest BCUT2D eigenvalue weighted by atomic mass is 9.96. The summed E-state index contributed by atoms with van der Waals surface area (Å²) in [7, 11) is 1.39. The minimum atomic E-state index is -0.281. The van der Waals surface area contributed by atoms with Gasteiger partial charge in [-0.15, -0.1) is 0 Å². The molecule has 1 saturated heterocycles. The molecule has 0 spiro atoms. The molecule has 2 aromatic heterocycles. The van der Waals surface area contributed by atoms with Crippen LogP contribution in [0.1, 0.15) is 41.1 Å². The van der Waals surface area contributed by atoms with Gasteiger partial charge in [-0.25, -0.2) is 0 Å². The van der Waals surface area contributed by atoms with Crippen molar-refractivity contribution >= 4 is 46.5 Å². The Morgan fingerprint density at radius 3 is 2.67 bits per heavy atom. The van der Waals surface area contributed by atoms with Crippen LogP contribution in [0.2, 0.25) is 10.0 Å². The van der Waals surface area contributed by atoms with Gasteiger partial charge in [-0.2, -0.15) is 0 Å². The lowest BCUT2D eigenvalue weighted by Gasteiger charge is -2.28. The van der Waals surface area contributed by atoms with Gasteiger partial charge in [0.1, 0.15) is 0 Å². The molecule has 1 N–H and O–H groups in total. The van der Waals surface area contributed by atoms with E-state index in [0.29, 0.717) is 21.7 Å². The fourth-order valence-electron chi connectivity index (χ4n) is 4.42. The van der Waals surface area contributed by atoms with E-state index in [1.54, 1.807) is 12.3 Å². The molecule has 0 radical (unpaired) electrons. The molecule has 6 nitrogen and oxygen atoms in total. The molecular formula is C24H24Cl2N4O2S. The van der Waals surface area contributed by atoms with Crippen LogP contribution < -0.4 is 5.32 Å². The van der Waals surface area contributed by atoms with E-state index in [0.717, 1.165) is 28.3 Å². The molecule has 3 aromatic rings. The molecule has 9 heteroatoms. The third-order valence-electron chi connectivity index (χ3n) is 5.92. The molecule has 1 aromatic carbocycles. The zero-order valence-corrected chi connectivity index (χ0v) is 20.8. The maximum Gasteiger partial charge on any atom is 0.307 e. The number of methoxy groups -OCH3 is 1. The van der Waals surface area contributed by atoms with Gasteiger partial charge >= 0.3 is 5.97 Å². The normalized spacial score (nSPS) is 17.8. The maximum atomic E-state index is 11.9. The molecule has 2 atom stereocenters. The largest absolute Gasteiger partial charge is 0.469 e. The molecule has 0 bridgehead atoms. The van der Waals surface area contributed by atoms with E-state index in [1.165, 1.54) is 7.11 Å². The number of halogens is 2. The van der Waals surface area contributed by atoms with Gasteiger partial charge in [0.25, 0.3) is 0 Å². The molecule has 1 aliphatic rings. The molecular weight excluding hydrogens is 479 g/mol. The van der Waals surface area contributed by atoms with E-state index < -0.39 is 0 Å². The van der Waals surface area contributed by atoms with Gasteiger partial charge in [0.2, 0.25) is 0 Å². The Labute approximate surface area is 208 Å². The number of esters is 1. The van der Waals surface area contributed by atoms with Crippen molar-refractivity contribution in [3.8, 4) is 5.69 Å². The number of carbonyl (C=O) groups is 1. The third-order valence-corrected chi connectivity index (χ3v) is 6.81. The van der Waals surface area contributed by atoms with Crippen molar-refractivity contribution in [1.82, 2.24) is 19.8 Å². The second-order valence-electron chi connectivity index (χ2n) is 7.90. The molecule has 4 rings (SSSR count). The molecule has 0 unspecified atom stereocenters. The maximum absolute atomic E-state index is 11.9. The van der Waals surface area contributed by atoms with Gasteiger partial charge < -0.3 is 19.5 Å². The number of thiocarbonyl (C=S) groups is 1. The second-order valence-corrected chi connectivity index (χ2v) is 9.13. The Balaban J connectivity index is 1.81. The predicted octanol–water partition coefficient (Wildman–Crippen LogP) is 5.33. The van der Waals surface area contributed by atoms with Gasteiger partial charge in [-0.1, -0.05) is 29.3 Å². The van der Waals surface area contributed by atoms with Crippen LogP contribution in [0.3, 0.4) is 0 Å². The summed E-state index contributed by atoms with van der Waals surface area (Å²) >= 11 is 18.3. The summed E-state index contributed by atoms with van der Waals surface area (Å²) in [5.74, 6) is -0.281. The Bertz CT molecular complexity index is 1200. The van der Waals surface area contributed by atoms with Crippen LogP contribution >= 0.6 is 35.4 Å². The molecule has 0 amide bonds. The number of rotatable bonds is 6. The summed E-state index contributed by atoms with van der Waals surface area (Å²) in [5, 5.41) is 5.15. The molecule has 0 aliphatic carbocycles. The summed E-state index contributed by atoms with van der Waals surface area (Å²) in [6.45, 7) is 4.52. The second kappa shape index (κ2) is 9.71. The van der Waals surface area contributed by atoms with Gasteiger partial charge in [0.05, 0.1) is 42.0 Å². The summed E-state index contributed by atoms with van der Waals surface area (Å²) < 4.78 is 6.97. The molecule has 0 saturated carbocycles. The third kappa shape index (κ3) is 4.58. The highest BCUT2D eigenvalue weighted by Crippen LogP contribution is 2.42. The van der Waals surface area contributed by atoms with Crippen LogP contribution in [0.4, 0.5) is 0 Å². The number of benzene rings is 1. The first kappa shape index (κ1) is 23.5. The van der Waals surface area contributed by atoms with Gasteiger partial charge in [-0.05, 0) is 68.0 Å². The zero-order chi connectivity index (χ0) is 23.7. The average molecular weight is 503 g/mol. The monoisotopic (exact) mass is 502 g/mol. The van der Waals surface area contributed by atoms with Crippen LogP contribution in [0.15, 0.2) is 48.7 Å². The van der Waals surface area contributed by atoms with Crippen LogP contribution in [0, 0.1) is 13.8 Å². The van der Waals surface area contributed by atoms with Crippen molar-refractivity contribution < 1.29 is 9.53 Å². The van der Waals surface area contributed by atoms with Crippen LogP contribution in [-0.4, -0.2) is 39.2 Å². The number of hydrogen-bond donors (Lipinski definition) is 1. The quantitative estimate of drug-likeness (QED) is 0.363. The highest BCUT2D eigenvalue weighted by molar-refractivity contribution is 7.80. The van der Waals surface area contributed by atoms with Crippen molar-refractivity contribution in [2.45, 2.75) is 32.4 Å². The average Bonchev–Trinajstić information content (AvgIpc) is 3.28. The smallest absolute Gasteiger partial charge is 0.307 e. The first-order valence-corrected chi connectivity index (χ1v) is 11.7. The summed E-state index contributed by atoms with van der Waals surface area (Å²) in [6.07, 6.45) is 2.00. The van der Waals surface area contributed by atoms with Crippen molar-refractivity contribution in [2.75, 3.05) is 13.7 Å². The Morgan fingerprint density at radius 2 is 2.00 bits per heavy atom. The van der Waals surface area contributed by atoms with Gasteiger partial charge in [-0.3, -0.25) is 9.78 Å². The van der Waals surface area contributed by atoms with Crippen molar-refractivity contribution in [3.05, 3.63) is 81.4 Å². The van der Waals surface area contributed by atoms with Crippen LogP contribution in [0.25, 0.3) is 5.69 Å². The number of pyridine rings is 1. The highest BCUT2D eigenvalue weighted by atomic mass is 35.5. The number of carbonyl (C=O) groups excluding carboxylic acids is 1. The summed E-state index contributed by atoms with van der Waals surface area (Å²) in [5.41, 5.74) is 4.85. The number of hydrogen-bond acceptors (Lipinski definition) is 4.